The highest BCUT2D eigenvalue weighted by atomic mass is 32.2. The van der Waals surface area contributed by atoms with E-state index < -0.39 is 16.2 Å². The van der Waals surface area contributed by atoms with Crippen LogP contribution >= 0.6 is 0 Å². The molecule has 4 rings (SSSR count). The number of likely N-dealkylation sites (tertiary alicyclic amines) is 1. The molecule has 1 atom stereocenters. The molecule has 2 aliphatic rings. The number of carbonyl (C=O) groups excluding carboxylic acids is 1. The van der Waals surface area contributed by atoms with Gasteiger partial charge in [-0.15, -0.1) is 0 Å². The molecule has 0 spiro atoms. The number of hydrogen-bond acceptors (Lipinski definition) is 6. The molecule has 1 aromatic heterocycles. The van der Waals surface area contributed by atoms with Gasteiger partial charge in [0.2, 0.25) is 10.0 Å². The average Bonchev–Trinajstić information content (AvgIpc) is 3.04. The minimum absolute atomic E-state index is 0.0266. The molecular weight excluding hydrogens is 394 g/mol. The van der Waals surface area contributed by atoms with E-state index in [0.717, 1.165) is 0 Å². The van der Waals surface area contributed by atoms with Gasteiger partial charge in [0.25, 0.3) is 5.91 Å². The number of aromatic nitrogens is 2. The van der Waals surface area contributed by atoms with Crippen molar-refractivity contribution in [2.75, 3.05) is 25.5 Å². The Balaban J connectivity index is 1.46. The number of methoxy groups -OCH3 is 1. The van der Waals surface area contributed by atoms with Crippen LogP contribution in [0.25, 0.3) is 0 Å². The van der Waals surface area contributed by atoms with Crippen LogP contribution in [-0.2, 0) is 17.1 Å². The van der Waals surface area contributed by atoms with E-state index in [2.05, 4.69) is 15.1 Å². The number of rotatable bonds is 3. The van der Waals surface area contributed by atoms with Crippen molar-refractivity contribution in [3.8, 4) is 5.75 Å². The number of ether oxygens (including phenoxy) is 1. The number of piperidine rings is 1. The molecule has 0 aliphatic carbocycles. The van der Waals surface area contributed by atoms with Crippen LogP contribution in [0.2, 0.25) is 0 Å². The molecule has 0 bridgehead atoms. The smallest absolute Gasteiger partial charge is 0.257 e. The van der Waals surface area contributed by atoms with Crippen molar-refractivity contribution in [1.82, 2.24) is 19.4 Å². The van der Waals surface area contributed by atoms with Gasteiger partial charge in [-0.1, -0.05) is 0 Å². The Bertz CT molecular complexity index is 1040. The number of carbonyl (C=O) groups is 1. The van der Waals surface area contributed by atoms with Gasteiger partial charge in [0, 0.05) is 32.4 Å². The van der Waals surface area contributed by atoms with Gasteiger partial charge in [0.1, 0.15) is 10.6 Å². The highest BCUT2D eigenvalue weighted by Gasteiger charge is 2.36. The zero-order valence-corrected chi connectivity index (χ0v) is 17.5. The van der Waals surface area contributed by atoms with E-state index in [1.165, 1.54) is 6.07 Å². The first-order chi connectivity index (χ1) is 13.8. The van der Waals surface area contributed by atoms with E-state index in [9.17, 15) is 13.2 Å². The van der Waals surface area contributed by atoms with Crippen LogP contribution in [0.1, 0.15) is 28.9 Å². The van der Waals surface area contributed by atoms with Crippen LogP contribution in [0.4, 0.5) is 5.69 Å². The van der Waals surface area contributed by atoms with Crippen molar-refractivity contribution in [1.29, 1.82) is 0 Å². The highest BCUT2D eigenvalue weighted by Crippen LogP contribution is 2.33. The van der Waals surface area contributed by atoms with Crippen LogP contribution in [-0.4, -0.2) is 55.4 Å². The minimum Gasteiger partial charge on any atom is -0.497 e. The quantitative estimate of drug-likeness (QED) is 0.777. The second kappa shape index (κ2) is 7.34. The van der Waals surface area contributed by atoms with Crippen molar-refractivity contribution in [2.45, 2.75) is 30.8 Å². The van der Waals surface area contributed by atoms with Gasteiger partial charge in [-0.05, 0) is 37.8 Å². The minimum atomic E-state index is -3.60. The Hall–Kier alpha value is -2.59. The summed E-state index contributed by atoms with van der Waals surface area (Å²) in [6, 6.07) is 4.87. The Morgan fingerprint density at radius 1 is 1.28 bits per heavy atom. The number of sulfonamides is 1. The molecule has 0 radical (unpaired) electrons. The van der Waals surface area contributed by atoms with Crippen LogP contribution in [0.15, 0.2) is 29.3 Å². The molecule has 0 saturated carbocycles. The molecule has 1 saturated heterocycles. The maximum Gasteiger partial charge on any atom is 0.257 e. The molecule has 2 aromatic rings. The largest absolute Gasteiger partial charge is 0.497 e. The lowest BCUT2D eigenvalue weighted by molar-refractivity contribution is 0.0678. The summed E-state index contributed by atoms with van der Waals surface area (Å²) in [5, 5.41) is 7.54. The molecule has 2 N–H and O–H groups in total. The van der Waals surface area contributed by atoms with Crippen molar-refractivity contribution >= 4 is 21.6 Å². The number of fused-ring (bicyclic) bond motifs is 1. The van der Waals surface area contributed by atoms with E-state index in [4.69, 9.17) is 4.74 Å². The van der Waals surface area contributed by atoms with Crippen molar-refractivity contribution in [3.05, 3.63) is 35.7 Å². The molecule has 3 heterocycles. The first-order valence-corrected chi connectivity index (χ1v) is 11.0. The third kappa shape index (κ3) is 3.69. The molecule has 9 nitrogen and oxygen atoms in total. The van der Waals surface area contributed by atoms with Crippen LogP contribution in [0.3, 0.4) is 0 Å². The first kappa shape index (κ1) is 19.7. The predicted octanol–water partition coefficient (Wildman–Crippen LogP) is 1.32. The summed E-state index contributed by atoms with van der Waals surface area (Å²) in [7, 11) is -0.258. The summed E-state index contributed by atoms with van der Waals surface area (Å²) in [6.07, 6.45) is 2.72. The topological polar surface area (TPSA) is 106 Å². The number of benzene rings is 1. The first-order valence-electron chi connectivity index (χ1n) is 9.55. The summed E-state index contributed by atoms with van der Waals surface area (Å²) < 4.78 is 34.9. The van der Waals surface area contributed by atoms with Gasteiger partial charge in [0.15, 0.2) is 0 Å². The number of nitrogens with zero attached hydrogens (tertiary/aromatic N) is 3. The Morgan fingerprint density at radius 3 is 2.62 bits per heavy atom. The van der Waals surface area contributed by atoms with Gasteiger partial charge < -0.3 is 15.0 Å². The monoisotopic (exact) mass is 419 g/mol. The molecule has 29 heavy (non-hydrogen) atoms. The van der Waals surface area contributed by atoms with E-state index in [0.29, 0.717) is 48.6 Å². The molecule has 10 heteroatoms. The van der Waals surface area contributed by atoms with E-state index in [1.54, 1.807) is 37.2 Å². The van der Waals surface area contributed by atoms with Crippen LogP contribution < -0.4 is 14.8 Å². The van der Waals surface area contributed by atoms with Gasteiger partial charge in [-0.2, -0.15) is 9.82 Å². The zero-order chi connectivity index (χ0) is 20.8. The van der Waals surface area contributed by atoms with Crippen LogP contribution in [0, 0.1) is 12.8 Å². The van der Waals surface area contributed by atoms with Crippen molar-refractivity contribution in [3.63, 3.8) is 0 Å². The third-order valence-corrected chi connectivity index (χ3v) is 7.11. The highest BCUT2D eigenvalue weighted by molar-refractivity contribution is 7.89. The second-order valence-corrected chi connectivity index (χ2v) is 9.22. The third-order valence-electron chi connectivity index (χ3n) is 5.61. The number of nitrogens with one attached hydrogen (secondary N) is 2. The van der Waals surface area contributed by atoms with Crippen molar-refractivity contribution < 1.29 is 17.9 Å². The lowest BCUT2D eigenvalue weighted by Crippen LogP contribution is -2.52. The van der Waals surface area contributed by atoms with Gasteiger partial charge in [-0.3, -0.25) is 9.48 Å². The molecule has 1 fully saturated rings. The SMILES string of the molecule is COc1ccc2c(c1)N[C@H](C1CCN(C(=O)c3cn(C)nc3C)CC1)NS2(=O)=O. The van der Waals surface area contributed by atoms with E-state index in [1.807, 2.05) is 11.8 Å². The maximum atomic E-state index is 12.8. The Labute approximate surface area is 170 Å². The molecule has 0 unspecified atom stereocenters. The fourth-order valence-electron chi connectivity index (χ4n) is 4.04. The Morgan fingerprint density at radius 2 is 2.00 bits per heavy atom. The lowest BCUT2D eigenvalue weighted by Gasteiger charge is -2.38. The van der Waals surface area contributed by atoms with Crippen LogP contribution in [0.5, 0.6) is 5.75 Å². The number of hydrogen-bond donors (Lipinski definition) is 2. The standard InChI is InChI=1S/C19H25N5O4S/c1-12-15(11-23(2)21-12)19(25)24-8-6-13(7-9-24)18-20-16-10-14(28-3)4-5-17(16)29(26,27)22-18/h4-5,10-11,13,18,20,22H,6-9H2,1-3H3/t18-/m0/s1. The van der Waals surface area contributed by atoms with E-state index in [-0.39, 0.29) is 16.7 Å². The predicted molar refractivity (Wildman–Crippen MR) is 107 cm³/mol. The lowest BCUT2D eigenvalue weighted by atomic mass is 9.93. The molecule has 1 aromatic carbocycles. The summed E-state index contributed by atoms with van der Waals surface area (Å²) in [6.45, 7) is 2.97. The molecule has 1 amide bonds. The second-order valence-electron chi connectivity index (χ2n) is 7.54. The Kier molecular flexibility index (Phi) is 4.99. The molecular formula is C19H25N5O4S. The van der Waals surface area contributed by atoms with Gasteiger partial charge in [0.05, 0.1) is 30.2 Å². The van der Waals surface area contributed by atoms with Crippen molar-refractivity contribution in [2.24, 2.45) is 13.0 Å². The fraction of sp³-hybridized carbons (Fsp3) is 0.474. The molecule has 156 valence electrons. The summed E-state index contributed by atoms with van der Waals surface area (Å²) in [5.74, 6) is 0.642. The summed E-state index contributed by atoms with van der Waals surface area (Å²) in [4.78, 5) is 14.8. The number of anilines is 1. The maximum absolute atomic E-state index is 12.8. The fourth-order valence-corrected chi connectivity index (χ4v) is 5.41. The summed E-state index contributed by atoms with van der Waals surface area (Å²) >= 11 is 0. The normalized spacial score (nSPS) is 21.3. The molecule has 2 aliphatic heterocycles. The van der Waals surface area contributed by atoms with Gasteiger partial charge >= 0.3 is 0 Å². The summed E-state index contributed by atoms with van der Waals surface area (Å²) in [5.41, 5.74) is 1.87. The number of aryl methyl sites for hydroxylation is 2. The average molecular weight is 420 g/mol. The van der Waals surface area contributed by atoms with Gasteiger partial charge in [-0.25, -0.2) is 8.42 Å². The number of amides is 1. The zero-order valence-electron chi connectivity index (χ0n) is 16.7. The van der Waals surface area contributed by atoms with E-state index >= 15 is 0 Å².